The number of aromatic amines is 1. The van der Waals surface area contributed by atoms with Crippen LogP contribution < -0.4 is 4.72 Å². The van der Waals surface area contributed by atoms with Crippen LogP contribution in [0.3, 0.4) is 0 Å². The second-order valence-corrected chi connectivity index (χ2v) is 10.1. The van der Waals surface area contributed by atoms with Crippen molar-refractivity contribution in [1.82, 2.24) is 14.6 Å². The van der Waals surface area contributed by atoms with Crippen LogP contribution in [0.25, 0.3) is 10.9 Å². The van der Waals surface area contributed by atoms with E-state index in [0.29, 0.717) is 18.7 Å². The number of benzene rings is 2. The van der Waals surface area contributed by atoms with Crippen molar-refractivity contribution >= 4 is 32.7 Å². The average Bonchev–Trinajstić information content (AvgIpc) is 3.25. The molecular formula is C23H24N4O3S. The Morgan fingerprint density at radius 2 is 1.84 bits per heavy atom. The Bertz CT molecular complexity index is 1320. The van der Waals surface area contributed by atoms with Gasteiger partial charge in [-0.1, -0.05) is 44.2 Å². The van der Waals surface area contributed by atoms with Gasteiger partial charge in [0.1, 0.15) is 11.9 Å². The Kier molecular flexibility index (Phi) is 4.62. The topological polar surface area (TPSA) is 94.6 Å². The van der Waals surface area contributed by atoms with E-state index in [4.69, 9.17) is 0 Å². The van der Waals surface area contributed by atoms with Gasteiger partial charge in [0.15, 0.2) is 0 Å². The molecule has 2 N–H and O–H groups in total. The highest BCUT2D eigenvalue weighted by Gasteiger charge is 2.35. The molecule has 3 heterocycles. The fourth-order valence-electron chi connectivity index (χ4n) is 4.40. The van der Waals surface area contributed by atoms with Crippen molar-refractivity contribution in [2.75, 3.05) is 6.54 Å². The van der Waals surface area contributed by atoms with Crippen LogP contribution in [-0.4, -0.2) is 42.6 Å². The van der Waals surface area contributed by atoms with E-state index in [1.165, 1.54) is 5.69 Å². The molecule has 1 aromatic heterocycles. The van der Waals surface area contributed by atoms with Crippen LogP contribution >= 0.6 is 0 Å². The van der Waals surface area contributed by atoms with Crippen molar-refractivity contribution in [2.24, 2.45) is 10.9 Å². The fraction of sp³-hybridized carbons (Fsp3) is 0.304. The Labute approximate surface area is 181 Å². The van der Waals surface area contributed by atoms with Gasteiger partial charge in [0.25, 0.3) is 10.0 Å². The molecule has 0 saturated heterocycles. The largest absolute Gasteiger partial charge is 0.358 e. The van der Waals surface area contributed by atoms with E-state index in [2.05, 4.69) is 20.8 Å². The maximum atomic E-state index is 13.5. The number of amides is 1. The number of rotatable bonds is 3. The third-order valence-corrected chi connectivity index (χ3v) is 7.41. The zero-order chi connectivity index (χ0) is 21.8. The number of hydrogen-bond acceptors (Lipinski definition) is 4. The Hall–Kier alpha value is -3.13. The zero-order valence-corrected chi connectivity index (χ0v) is 18.2. The Morgan fingerprint density at radius 1 is 1.10 bits per heavy atom. The fourth-order valence-corrected chi connectivity index (χ4v) is 5.64. The van der Waals surface area contributed by atoms with Crippen molar-refractivity contribution in [2.45, 2.75) is 37.8 Å². The number of amidine groups is 1. The number of para-hydroxylation sites is 1. The van der Waals surface area contributed by atoms with Gasteiger partial charge < -0.3 is 9.88 Å². The summed E-state index contributed by atoms with van der Waals surface area (Å²) in [5, 5.41) is 1.14. The van der Waals surface area contributed by atoms with E-state index in [-0.39, 0.29) is 22.6 Å². The number of carbonyl (C=O) groups is 1. The lowest BCUT2D eigenvalue weighted by Gasteiger charge is -2.31. The first kappa shape index (κ1) is 19.8. The molecule has 0 bridgehead atoms. The summed E-state index contributed by atoms with van der Waals surface area (Å²) in [7, 11) is -3.64. The molecule has 7 nitrogen and oxygen atoms in total. The number of nitrogens with zero attached hydrogens (tertiary/aromatic N) is 2. The standard InChI is InChI=1S/C23H24N4O3S/c1-14(2)21(25-22-16-8-4-6-10-20(16)31(29,30)26-22)23(28)27-12-11-19-17(13-27)15-7-3-5-9-18(15)24-19/h3-10,14,21,24H,11-13H2,1-2H3,(H,25,26)/t21-/m0/s1. The molecule has 8 heteroatoms. The van der Waals surface area contributed by atoms with Crippen LogP contribution in [0.15, 0.2) is 58.4 Å². The summed E-state index contributed by atoms with van der Waals surface area (Å²) < 4.78 is 27.4. The number of hydrogen-bond donors (Lipinski definition) is 2. The molecule has 3 aromatic rings. The first-order valence-corrected chi connectivity index (χ1v) is 11.9. The predicted octanol–water partition coefficient (Wildman–Crippen LogP) is 2.82. The Morgan fingerprint density at radius 3 is 2.65 bits per heavy atom. The number of fused-ring (bicyclic) bond motifs is 4. The molecule has 0 spiro atoms. The summed E-state index contributed by atoms with van der Waals surface area (Å²) >= 11 is 0. The van der Waals surface area contributed by atoms with Gasteiger partial charge in [-0.15, -0.1) is 0 Å². The summed E-state index contributed by atoms with van der Waals surface area (Å²) in [6.45, 7) is 5.00. The number of aliphatic imine (C=N–C) groups is 1. The average molecular weight is 437 g/mol. The van der Waals surface area contributed by atoms with E-state index in [1.54, 1.807) is 24.3 Å². The first-order valence-electron chi connectivity index (χ1n) is 10.4. The molecule has 0 aliphatic carbocycles. The lowest BCUT2D eigenvalue weighted by Crippen LogP contribution is -2.44. The van der Waals surface area contributed by atoms with E-state index in [9.17, 15) is 13.2 Å². The minimum atomic E-state index is -3.64. The third-order valence-electron chi connectivity index (χ3n) is 6.01. The predicted molar refractivity (Wildman–Crippen MR) is 119 cm³/mol. The van der Waals surface area contributed by atoms with Crippen molar-refractivity contribution in [3.63, 3.8) is 0 Å². The van der Waals surface area contributed by atoms with Crippen molar-refractivity contribution in [3.8, 4) is 0 Å². The van der Waals surface area contributed by atoms with Gasteiger partial charge in [-0.2, -0.15) is 0 Å². The lowest BCUT2D eigenvalue weighted by molar-refractivity contribution is -0.134. The van der Waals surface area contributed by atoms with Crippen LogP contribution in [0.1, 0.15) is 30.7 Å². The highest BCUT2D eigenvalue weighted by molar-refractivity contribution is 7.90. The minimum Gasteiger partial charge on any atom is -0.358 e. The SMILES string of the molecule is CC(C)[C@H](N=C1NS(=O)(=O)c2ccccc21)C(=O)N1CCc2[nH]c3ccccc3c2C1. The second-order valence-electron chi connectivity index (χ2n) is 8.41. The molecule has 0 unspecified atom stereocenters. The van der Waals surface area contributed by atoms with E-state index < -0.39 is 16.1 Å². The van der Waals surface area contributed by atoms with Crippen LogP contribution in [0, 0.1) is 5.92 Å². The van der Waals surface area contributed by atoms with Crippen molar-refractivity contribution in [3.05, 3.63) is 65.4 Å². The third kappa shape index (κ3) is 3.31. The molecule has 0 fully saturated rings. The molecule has 31 heavy (non-hydrogen) atoms. The molecule has 5 rings (SSSR count). The van der Waals surface area contributed by atoms with Crippen molar-refractivity contribution in [1.29, 1.82) is 0 Å². The van der Waals surface area contributed by atoms with Crippen LogP contribution in [0.5, 0.6) is 0 Å². The molecule has 1 atom stereocenters. The quantitative estimate of drug-likeness (QED) is 0.661. The monoisotopic (exact) mass is 436 g/mol. The first-order chi connectivity index (χ1) is 14.8. The van der Waals surface area contributed by atoms with E-state index >= 15 is 0 Å². The van der Waals surface area contributed by atoms with Gasteiger partial charge in [-0.05, 0) is 24.1 Å². The second kappa shape index (κ2) is 7.23. The number of aromatic nitrogens is 1. The smallest absolute Gasteiger partial charge is 0.263 e. The summed E-state index contributed by atoms with van der Waals surface area (Å²) in [6, 6.07) is 14.2. The maximum absolute atomic E-state index is 13.5. The summed E-state index contributed by atoms with van der Waals surface area (Å²) in [4.78, 5) is 23.6. The van der Waals surface area contributed by atoms with Gasteiger partial charge in [0.2, 0.25) is 5.91 Å². The Balaban J connectivity index is 1.47. The minimum absolute atomic E-state index is 0.0815. The lowest BCUT2D eigenvalue weighted by atomic mass is 9.99. The molecular weight excluding hydrogens is 412 g/mol. The molecule has 160 valence electrons. The molecule has 2 aliphatic rings. The number of carbonyl (C=O) groups excluding carboxylic acids is 1. The van der Waals surface area contributed by atoms with E-state index in [0.717, 1.165) is 22.9 Å². The number of sulfonamides is 1. The molecule has 1 amide bonds. The normalized spacial score (nSPS) is 19.3. The highest BCUT2D eigenvalue weighted by atomic mass is 32.2. The zero-order valence-electron chi connectivity index (χ0n) is 17.4. The molecule has 2 aliphatic heterocycles. The van der Waals surface area contributed by atoms with Gasteiger partial charge in [0, 0.05) is 47.2 Å². The van der Waals surface area contributed by atoms with Gasteiger partial charge in [-0.3, -0.25) is 14.5 Å². The van der Waals surface area contributed by atoms with Crippen LogP contribution in [-0.2, 0) is 27.8 Å². The van der Waals surface area contributed by atoms with Crippen molar-refractivity contribution < 1.29 is 13.2 Å². The molecule has 2 aromatic carbocycles. The van der Waals surface area contributed by atoms with Gasteiger partial charge in [-0.25, -0.2) is 8.42 Å². The summed E-state index contributed by atoms with van der Waals surface area (Å²) in [5.74, 6) is 0.0797. The van der Waals surface area contributed by atoms with Crippen LogP contribution in [0.2, 0.25) is 0 Å². The number of H-pyrrole nitrogens is 1. The number of nitrogens with one attached hydrogen (secondary N) is 2. The molecule has 0 saturated carbocycles. The maximum Gasteiger partial charge on any atom is 0.263 e. The van der Waals surface area contributed by atoms with E-state index in [1.807, 2.05) is 36.9 Å². The summed E-state index contributed by atoms with van der Waals surface area (Å²) in [6.07, 6.45) is 0.757. The summed E-state index contributed by atoms with van der Waals surface area (Å²) in [5.41, 5.74) is 3.92. The molecule has 0 radical (unpaired) electrons. The van der Waals surface area contributed by atoms with Gasteiger partial charge in [0.05, 0.1) is 4.90 Å². The van der Waals surface area contributed by atoms with Gasteiger partial charge >= 0.3 is 0 Å². The highest BCUT2D eigenvalue weighted by Crippen LogP contribution is 2.29. The van der Waals surface area contributed by atoms with Crippen LogP contribution in [0.4, 0.5) is 0 Å².